The molecule has 0 bridgehead atoms. The van der Waals surface area contributed by atoms with Crippen molar-refractivity contribution in [3.63, 3.8) is 0 Å². The number of nitrogens with zero attached hydrogens (tertiary/aromatic N) is 3. The van der Waals surface area contributed by atoms with Gasteiger partial charge in [-0.1, -0.05) is 29.5 Å². The molecule has 25 heavy (non-hydrogen) atoms. The summed E-state index contributed by atoms with van der Waals surface area (Å²) in [5, 5.41) is 10.8. The molecule has 0 aliphatic rings. The van der Waals surface area contributed by atoms with Gasteiger partial charge in [-0.25, -0.2) is 4.68 Å². The minimum Gasteiger partial charge on any atom is -0.377 e. The number of nitrogens with one attached hydrogen (secondary N) is 1. The van der Waals surface area contributed by atoms with E-state index in [4.69, 9.17) is 4.74 Å². The zero-order chi connectivity index (χ0) is 17.8. The lowest BCUT2D eigenvalue weighted by molar-refractivity contribution is 0.102. The van der Waals surface area contributed by atoms with Crippen LogP contribution in [0.4, 0.5) is 5.69 Å². The molecule has 6 heteroatoms. The molecule has 0 aliphatic carbocycles. The molecule has 0 fully saturated rings. The lowest BCUT2D eigenvalue weighted by Crippen LogP contribution is -2.12. The average Bonchev–Trinajstić information content (AvgIpc) is 3.11. The first kappa shape index (κ1) is 16.9. The summed E-state index contributed by atoms with van der Waals surface area (Å²) in [7, 11) is 1.65. The first-order chi connectivity index (χ1) is 12.1. The van der Waals surface area contributed by atoms with Crippen LogP contribution >= 0.6 is 0 Å². The largest absolute Gasteiger partial charge is 0.377 e. The van der Waals surface area contributed by atoms with Crippen molar-refractivity contribution in [2.24, 2.45) is 0 Å². The Balaban J connectivity index is 1.76. The van der Waals surface area contributed by atoms with Crippen LogP contribution in [0.25, 0.3) is 5.69 Å². The van der Waals surface area contributed by atoms with Crippen molar-refractivity contribution in [1.82, 2.24) is 15.0 Å². The Morgan fingerprint density at radius 1 is 1.20 bits per heavy atom. The monoisotopic (exact) mass is 336 g/mol. The highest BCUT2D eigenvalue weighted by Crippen LogP contribution is 2.20. The van der Waals surface area contributed by atoms with Crippen molar-refractivity contribution in [3.05, 3.63) is 71.5 Å². The maximum atomic E-state index is 12.4. The van der Waals surface area contributed by atoms with Crippen molar-refractivity contribution in [1.29, 1.82) is 0 Å². The maximum absolute atomic E-state index is 12.4. The number of carbonyl (C=O) groups is 1. The van der Waals surface area contributed by atoms with Gasteiger partial charge in [0, 0.05) is 12.8 Å². The van der Waals surface area contributed by atoms with Crippen LogP contribution in [0.15, 0.2) is 54.7 Å². The number of carbonyl (C=O) groups excluding carboxylic acids is 1. The normalized spacial score (nSPS) is 12.0. The summed E-state index contributed by atoms with van der Waals surface area (Å²) in [5.41, 5.74) is 3.91. The van der Waals surface area contributed by atoms with E-state index in [0.717, 1.165) is 16.8 Å². The van der Waals surface area contributed by atoms with Gasteiger partial charge in [0.15, 0.2) is 5.69 Å². The lowest BCUT2D eigenvalue weighted by atomic mass is 10.1. The summed E-state index contributed by atoms with van der Waals surface area (Å²) < 4.78 is 6.89. The molecule has 3 aromatic rings. The van der Waals surface area contributed by atoms with Gasteiger partial charge in [0.05, 0.1) is 18.0 Å². The van der Waals surface area contributed by atoms with Gasteiger partial charge < -0.3 is 10.1 Å². The summed E-state index contributed by atoms with van der Waals surface area (Å²) in [6.45, 7) is 3.95. The SMILES string of the molecule is CO[C@@H](C)c1cccc(NC(=O)c2cn(-c3cccc(C)c3)nn2)c1. The van der Waals surface area contributed by atoms with Gasteiger partial charge in [-0.3, -0.25) is 4.79 Å². The Bertz CT molecular complexity index is 888. The number of hydrogen-bond donors (Lipinski definition) is 1. The number of amides is 1. The molecule has 0 saturated carbocycles. The van der Waals surface area contributed by atoms with E-state index < -0.39 is 0 Å². The summed E-state index contributed by atoms with van der Waals surface area (Å²) >= 11 is 0. The highest BCUT2D eigenvalue weighted by atomic mass is 16.5. The molecule has 2 aromatic carbocycles. The number of aryl methyl sites for hydroxylation is 1. The third kappa shape index (κ3) is 3.92. The van der Waals surface area contributed by atoms with Crippen molar-refractivity contribution in [3.8, 4) is 5.69 Å². The molecule has 0 aliphatic heterocycles. The van der Waals surface area contributed by atoms with Crippen molar-refractivity contribution in [2.75, 3.05) is 12.4 Å². The molecule has 1 aromatic heterocycles. The van der Waals surface area contributed by atoms with Crippen LogP contribution in [-0.2, 0) is 4.74 Å². The molecular weight excluding hydrogens is 316 g/mol. The van der Waals surface area contributed by atoms with E-state index in [2.05, 4.69) is 15.6 Å². The summed E-state index contributed by atoms with van der Waals surface area (Å²) in [6.07, 6.45) is 1.57. The fourth-order valence-corrected chi connectivity index (χ4v) is 2.47. The number of anilines is 1. The zero-order valence-electron chi connectivity index (χ0n) is 14.4. The Hall–Kier alpha value is -2.99. The van der Waals surface area contributed by atoms with Crippen molar-refractivity contribution in [2.45, 2.75) is 20.0 Å². The van der Waals surface area contributed by atoms with Gasteiger partial charge in [0.2, 0.25) is 0 Å². The number of rotatable bonds is 5. The number of ether oxygens (including phenoxy) is 1. The highest BCUT2D eigenvalue weighted by molar-refractivity contribution is 6.02. The molecule has 0 unspecified atom stereocenters. The number of methoxy groups -OCH3 is 1. The summed E-state index contributed by atoms with van der Waals surface area (Å²) in [5.74, 6) is -0.305. The first-order valence-corrected chi connectivity index (χ1v) is 8.00. The average molecular weight is 336 g/mol. The van der Waals surface area contributed by atoms with E-state index in [0.29, 0.717) is 5.69 Å². The Labute approximate surface area is 146 Å². The van der Waals surface area contributed by atoms with Crippen molar-refractivity contribution >= 4 is 11.6 Å². The van der Waals surface area contributed by atoms with Crippen LogP contribution in [0, 0.1) is 6.92 Å². The quantitative estimate of drug-likeness (QED) is 0.774. The van der Waals surface area contributed by atoms with Crippen molar-refractivity contribution < 1.29 is 9.53 Å². The van der Waals surface area contributed by atoms with E-state index >= 15 is 0 Å². The van der Waals surface area contributed by atoms with Gasteiger partial charge in [0.1, 0.15) is 0 Å². The molecule has 6 nitrogen and oxygen atoms in total. The molecule has 0 saturated heterocycles. The molecule has 1 heterocycles. The predicted octanol–water partition coefficient (Wildman–Crippen LogP) is 3.54. The Morgan fingerprint density at radius 2 is 2.00 bits per heavy atom. The highest BCUT2D eigenvalue weighted by Gasteiger charge is 2.13. The minimum atomic E-state index is -0.305. The standard InChI is InChI=1S/C19H20N4O2/c1-13-6-4-9-17(10-13)23-12-18(21-22-23)19(24)20-16-8-5-7-15(11-16)14(2)25-3/h4-12,14H,1-3H3,(H,20,24)/t14-/m0/s1. The third-order valence-corrected chi connectivity index (χ3v) is 3.96. The second-order valence-corrected chi connectivity index (χ2v) is 5.84. The maximum Gasteiger partial charge on any atom is 0.277 e. The summed E-state index contributed by atoms with van der Waals surface area (Å²) in [4.78, 5) is 12.4. The zero-order valence-corrected chi connectivity index (χ0v) is 14.4. The molecular formula is C19H20N4O2. The van der Waals surface area contributed by atoms with Crippen LogP contribution < -0.4 is 5.32 Å². The Kier molecular flexibility index (Phi) is 4.90. The van der Waals surface area contributed by atoms with Crippen LogP contribution in [0.1, 0.15) is 34.6 Å². The molecule has 128 valence electrons. The van der Waals surface area contributed by atoms with Gasteiger partial charge in [-0.15, -0.1) is 5.10 Å². The van der Waals surface area contributed by atoms with Crippen LogP contribution in [0.3, 0.4) is 0 Å². The van der Waals surface area contributed by atoms with Gasteiger partial charge in [-0.2, -0.15) is 0 Å². The fraction of sp³-hybridized carbons (Fsp3) is 0.211. The van der Waals surface area contributed by atoms with E-state index in [-0.39, 0.29) is 17.7 Å². The lowest BCUT2D eigenvalue weighted by Gasteiger charge is -2.11. The predicted molar refractivity (Wildman–Crippen MR) is 95.9 cm³/mol. The molecule has 3 rings (SSSR count). The number of benzene rings is 2. The Morgan fingerprint density at radius 3 is 2.76 bits per heavy atom. The number of hydrogen-bond acceptors (Lipinski definition) is 4. The van der Waals surface area contributed by atoms with Gasteiger partial charge >= 0.3 is 0 Å². The second kappa shape index (κ2) is 7.27. The third-order valence-electron chi connectivity index (χ3n) is 3.96. The van der Waals surface area contributed by atoms with Gasteiger partial charge in [0.25, 0.3) is 5.91 Å². The van der Waals surface area contributed by atoms with E-state index in [1.54, 1.807) is 18.0 Å². The smallest absolute Gasteiger partial charge is 0.277 e. The molecule has 1 N–H and O–H groups in total. The molecule has 1 atom stereocenters. The van der Waals surface area contributed by atoms with E-state index in [9.17, 15) is 4.79 Å². The number of aromatic nitrogens is 3. The molecule has 1 amide bonds. The molecule has 0 spiro atoms. The second-order valence-electron chi connectivity index (χ2n) is 5.84. The van der Waals surface area contributed by atoms with Crippen LogP contribution in [0.5, 0.6) is 0 Å². The van der Waals surface area contributed by atoms with Crippen LogP contribution in [0.2, 0.25) is 0 Å². The van der Waals surface area contributed by atoms with Gasteiger partial charge in [-0.05, 0) is 49.2 Å². The van der Waals surface area contributed by atoms with E-state index in [1.165, 1.54) is 0 Å². The minimum absolute atomic E-state index is 0.0425. The fourth-order valence-electron chi connectivity index (χ4n) is 2.47. The first-order valence-electron chi connectivity index (χ1n) is 8.00. The summed E-state index contributed by atoms with van der Waals surface area (Å²) in [6, 6.07) is 15.4. The van der Waals surface area contributed by atoms with Crippen LogP contribution in [-0.4, -0.2) is 28.0 Å². The topological polar surface area (TPSA) is 69.0 Å². The van der Waals surface area contributed by atoms with E-state index in [1.807, 2.05) is 62.4 Å². The molecule has 0 radical (unpaired) electrons.